The molecule has 0 saturated carbocycles. The van der Waals surface area contributed by atoms with Crippen molar-refractivity contribution in [2.45, 2.75) is 54.3 Å². The quantitative estimate of drug-likeness (QED) is 0.260. The lowest BCUT2D eigenvalue weighted by Crippen LogP contribution is -2.47. The van der Waals surface area contributed by atoms with Crippen molar-refractivity contribution < 1.29 is 18.7 Å². The molecule has 1 aliphatic rings. The van der Waals surface area contributed by atoms with Gasteiger partial charge in [-0.25, -0.2) is 0 Å². The number of carbonyl (C=O) groups is 2. The molecule has 10 nitrogen and oxygen atoms in total. The van der Waals surface area contributed by atoms with Gasteiger partial charge in [-0.15, -0.1) is 0 Å². The Bertz CT molecular complexity index is 1750. The fraction of sp³-hybridized carbons (Fsp3) is 0.394. The van der Waals surface area contributed by atoms with Gasteiger partial charge in [-0.3, -0.25) is 19.4 Å². The number of pyridine rings is 2. The van der Waals surface area contributed by atoms with Crippen LogP contribution in [0.3, 0.4) is 0 Å². The molecule has 0 N–H and O–H groups in total. The summed E-state index contributed by atoms with van der Waals surface area (Å²) in [5.41, 5.74) is 4.23. The van der Waals surface area contributed by atoms with Crippen LogP contribution in [-0.2, 0) is 34.0 Å². The fourth-order valence-corrected chi connectivity index (χ4v) is 6.01. The maximum absolute atomic E-state index is 13.6. The molecule has 5 rings (SSSR count). The smallest absolute Gasteiger partial charge is 0.261 e. The van der Waals surface area contributed by atoms with Gasteiger partial charge in [0.15, 0.2) is 0 Å². The first-order chi connectivity index (χ1) is 20.5. The van der Waals surface area contributed by atoms with E-state index in [0.717, 1.165) is 22.5 Å². The van der Waals surface area contributed by atoms with Crippen molar-refractivity contribution in [1.29, 1.82) is 0 Å². The normalized spacial score (nSPS) is 14.8. The molecular formula is C33H39N5O5. The molecule has 0 radical (unpaired) electrons. The number of aromatic nitrogens is 2. The van der Waals surface area contributed by atoms with Gasteiger partial charge in [0.25, 0.3) is 5.56 Å². The van der Waals surface area contributed by atoms with Gasteiger partial charge in [0.05, 0.1) is 29.1 Å². The lowest BCUT2D eigenvalue weighted by molar-refractivity contribution is -0.137. The van der Waals surface area contributed by atoms with Gasteiger partial charge in [-0.05, 0) is 76.1 Å². The minimum absolute atomic E-state index is 0.112. The molecule has 0 spiro atoms. The van der Waals surface area contributed by atoms with Gasteiger partial charge in [-0.1, -0.05) is 6.07 Å². The molecule has 1 aliphatic heterocycles. The number of benzene rings is 1. The van der Waals surface area contributed by atoms with Crippen molar-refractivity contribution >= 4 is 39.8 Å². The highest BCUT2D eigenvalue weighted by molar-refractivity contribution is 6.20. The van der Waals surface area contributed by atoms with Crippen molar-refractivity contribution in [2.75, 3.05) is 41.9 Å². The molecule has 2 amide bonds. The number of rotatable bonds is 9. The maximum atomic E-state index is 13.6. The van der Waals surface area contributed by atoms with E-state index in [-0.39, 0.29) is 17.4 Å². The van der Waals surface area contributed by atoms with Crippen LogP contribution in [0.1, 0.15) is 43.4 Å². The summed E-state index contributed by atoms with van der Waals surface area (Å²) in [6, 6.07) is 11.4. The molecule has 0 bridgehead atoms. The van der Waals surface area contributed by atoms with Crippen LogP contribution in [-0.4, -0.2) is 48.6 Å². The zero-order valence-electron chi connectivity index (χ0n) is 25.9. The van der Waals surface area contributed by atoms with Crippen LogP contribution in [0, 0.1) is 19.3 Å². The highest BCUT2D eigenvalue weighted by Gasteiger charge is 2.45. The van der Waals surface area contributed by atoms with Gasteiger partial charge in [0, 0.05) is 58.4 Å². The topological polar surface area (TPSA) is 101 Å². The van der Waals surface area contributed by atoms with Gasteiger partial charge in [0.1, 0.15) is 16.8 Å². The lowest BCUT2D eigenvalue weighted by atomic mass is 9.90. The number of fused-ring (bicyclic) bond motifs is 2. The van der Waals surface area contributed by atoms with E-state index in [1.165, 1.54) is 0 Å². The Morgan fingerprint density at radius 2 is 1.84 bits per heavy atom. The number of ether oxygens (including phenoxy) is 1. The second kappa shape index (κ2) is 11.7. The van der Waals surface area contributed by atoms with Crippen LogP contribution in [0.15, 0.2) is 58.0 Å². The minimum Gasteiger partial charge on any atom is -0.461 e. The molecule has 43 heavy (non-hydrogen) atoms. The van der Waals surface area contributed by atoms with Crippen LogP contribution < -0.4 is 20.3 Å². The van der Waals surface area contributed by atoms with Gasteiger partial charge < -0.3 is 28.4 Å². The molecule has 0 saturated heterocycles. The standard InChI is InChI=1S/C33H39N5O5/c1-8-38-27-12-11-26(22(3)29(27)35(6)31(40)33(4,5)32(38)41)37(19-23-10-9-14-34-25(23)20-42-7)17-16-36-15-13-28-24(30(36)39)18-21(2)43-28/h9-15,18H,8,16-17,19-20H2,1-7H3. The van der Waals surface area contributed by atoms with Crippen LogP contribution in [0.4, 0.5) is 17.1 Å². The van der Waals surface area contributed by atoms with Gasteiger partial charge in [0.2, 0.25) is 11.8 Å². The van der Waals surface area contributed by atoms with E-state index in [1.54, 1.807) is 60.8 Å². The first-order valence-corrected chi connectivity index (χ1v) is 14.5. The highest BCUT2D eigenvalue weighted by atomic mass is 16.5. The second-order valence-corrected chi connectivity index (χ2v) is 11.5. The van der Waals surface area contributed by atoms with E-state index in [9.17, 15) is 14.4 Å². The average Bonchev–Trinajstić information content (AvgIpc) is 3.36. The molecule has 226 valence electrons. The van der Waals surface area contributed by atoms with E-state index in [2.05, 4.69) is 9.88 Å². The maximum Gasteiger partial charge on any atom is 0.261 e. The molecule has 10 heteroatoms. The first-order valence-electron chi connectivity index (χ1n) is 14.5. The second-order valence-electron chi connectivity index (χ2n) is 11.5. The molecule has 0 atom stereocenters. The largest absolute Gasteiger partial charge is 0.461 e. The Morgan fingerprint density at radius 1 is 1.07 bits per heavy atom. The van der Waals surface area contributed by atoms with Crippen LogP contribution >= 0.6 is 0 Å². The van der Waals surface area contributed by atoms with E-state index >= 15 is 0 Å². The summed E-state index contributed by atoms with van der Waals surface area (Å²) in [5, 5.41) is 0.550. The summed E-state index contributed by atoms with van der Waals surface area (Å²) in [4.78, 5) is 50.4. The van der Waals surface area contributed by atoms with Crippen molar-refractivity contribution in [3.05, 3.63) is 81.7 Å². The molecule has 4 aromatic rings. The van der Waals surface area contributed by atoms with Crippen molar-refractivity contribution in [3.63, 3.8) is 0 Å². The predicted octanol–water partition coefficient (Wildman–Crippen LogP) is 4.82. The number of aryl methyl sites for hydroxylation is 1. The van der Waals surface area contributed by atoms with Gasteiger partial charge >= 0.3 is 0 Å². The molecule has 3 aromatic heterocycles. The van der Waals surface area contributed by atoms with Gasteiger partial charge in [-0.2, -0.15) is 0 Å². The van der Waals surface area contributed by atoms with E-state index in [4.69, 9.17) is 9.15 Å². The third kappa shape index (κ3) is 5.31. The monoisotopic (exact) mass is 585 g/mol. The Morgan fingerprint density at radius 3 is 2.56 bits per heavy atom. The Kier molecular flexibility index (Phi) is 8.16. The average molecular weight is 586 g/mol. The number of methoxy groups -OCH3 is 1. The van der Waals surface area contributed by atoms with Crippen molar-refractivity contribution in [1.82, 2.24) is 9.55 Å². The molecule has 0 unspecified atom stereocenters. The highest BCUT2D eigenvalue weighted by Crippen LogP contribution is 2.43. The third-order valence-electron chi connectivity index (χ3n) is 8.30. The van der Waals surface area contributed by atoms with Crippen molar-refractivity contribution in [3.8, 4) is 0 Å². The summed E-state index contributed by atoms with van der Waals surface area (Å²) in [6.07, 6.45) is 3.51. The van der Waals surface area contributed by atoms with Crippen LogP contribution in [0.2, 0.25) is 0 Å². The third-order valence-corrected chi connectivity index (χ3v) is 8.30. The summed E-state index contributed by atoms with van der Waals surface area (Å²) in [5.74, 6) is 0.209. The Labute approximate surface area is 251 Å². The fourth-order valence-electron chi connectivity index (χ4n) is 6.01. The summed E-state index contributed by atoms with van der Waals surface area (Å²) >= 11 is 0. The molecule has 1 aromatic carbocycles. The summed E-state index contributed by atoms with van der Waals surface area (Å²) < 4.78 is 12.8. The SMILES string of the molecule is CCN1C(=O)C(C)(C)C(=O)N(C)c2c1ccc(N(CCn1ccc3oc(C)cc3c1=O)Cc1cccnc1COC)c2C. The number of hydrogen-bond donors (Lipinski definition) is 0. The van der Waals surface area contributed by atoms with Crippen LogP contribution in [0.25, 0.3) is 11.0 Å². The number of anilines is 3. The number of hydrogen-bond acceptors (Lipinski definition) is 7. The van der Waals surface area contributed by atoms with Crippen LogP contribution in [0.5, 0.6) is 0 Å². The summed E-state index contributed by atoms with van der Waals surface area (Å²) in [6.45, 7) is 11.3. The number of furan rings is 1. The van der Waals surface area contributed by atoms with E-state index in [0.29, 0.717) is 60.9 Å². The van der Waals surface area contributed by atoms with Crippen molar-refractivity contribution in [2.24, 2.45) is 5.41 Å². The Hall–Kier alpha value is -4.44. The molecule has 0 fully saturated rings. The minimum atomic E-state index is -1.20. The molecule has 0 aliphatic carbocycles. The molecule has 4 heterocycles. The first kappa shape index (κ1) is 30.0. The summed E-state index contributed by atoms with van der Waals surface area (Å²) in [7, 11) is 3.37. The van der Waals surface area contributed by atoms with E-state index in [1.807, 2.05) is 51.1 Å². The zero-order chi connectivity index (χ0) is 31.1. The number of amides is 2. The zero-order valence-corrected chi connectivity index (χ0v) is 25.9. The lowest BCUT2D eigenvalue weighted by Gasteiger charge is -2.31. The number of nitrogens with zero attached hydrogens (tertiary/aromatic N) is 5. The van der Waals surface area contributed by atoms with E-state index < -0.39 is 5.41 Å². The molecular weight excluding hydrogens is 546 g/mol. The Balaban J connectivity index is 1.60. The predicted molar refractivity (Wildman–Crippen MR) is 168 cm³/mol. The number of carbonyl (C=O) groups excluding carboxylic acids is 2.